The molecule has 2 unspecified atom stereocenters. The lowest BCUT2D eigenvalue weighted by molar-refractivity contribution is -0.142. The zero-order chi connectivity index (χ0) is 11.3. The monoisotopic (exact) mass is 215 g/mol. The summed E-state index contributed by atoms with van der Waals surface area (Å²) in [4.78, 5) is 13.1. The third-order valence-electron chi connectivity index (χ3n) is 3.31. The fourth-order valence-electron chi connectivity index (χ4n) is 2.25. The molecule has 1 saturated heterocycles. The summed E-state index contributed by atoms with van der Waals surface area (Å²) in [6.07, 6.45) is 3.70. The minimum absolute atomic E-state index is 0.164. The number of carbonyl (C=O) groups is 1. The van der Waals surface area contributed by atoms with Crippen LogP contribution in [0, 0.1) is 5.92 Å². The molecule has 88 valence electrons. The van der Waals surface area contributed by atoms with Gasteiger partial charge < -0.3 is 10.2 Å². The topological polar surface area (TPSA) is 60.8 Å². The van der Waals surface area contributed by atoms with Crippen LogP contribution in [-0.4, -0.2) is 46.8 Å². The Labute approximate surface area is 90.9 Å². The molecule has 1 aliphatic rings. The highest BCUT2D eigenvalue weighted by molar-refractivity contribution is 5.71. The maximum absolute atomic E-state index is 10.9. The fourth-order valence-corrected chi connectivity index (χ4v) is 2.25. The molecule has 0 aromatic rings. The van der Waals surface area contributed by atoms with Crippen molar-refractivity contribution in [2.75, 3.05) is 19.7 Å². The number of rotatable bonds is 6. The molecular weight excluding hydrogens is 194 g/mol. The maximum atomic E-state index is 10.9. The summed E-state index contributed by atoms with van der Waals surface area (Å²) < 4.78 is 0. The van der Waals surface area contributed by atoms with Crippen LogP contribution in [0.5, 0.6) is 0 Å². The van der Waals surface area contributed by atoms with E-state index in [0.717, 1.165) is 38.8 Å². The molecule has 0 aromatic carbocycles. The van der Waals surface area contributed by atoms with Gasteiger partial charge in [-0.15, -0.1) is 0 Å². The Morgan fingerprint density at radius 1 is 1.40 bits per heavy atom. The zero-order valence-electron chi connectivity index (χ0n) is 9.35. The van der Waals surface area contributed by atoms with E-state index in [0.29, 0.717) is 0 Å². The number of likely N-dealkylation sites (tertiary alicyclic amines) is 1. The number of aliphatic hydroxyl groups excluding tert-OH is 1. The highest BCUT2D eigenvalue weighted by Crippen LogP contribution is 2.24. The van der Waals surface area contributed by atoms with Crippen molar-refractivity contribution in [2.24, 2.45) is 5.92 Å². The van der Waals surface area contributed by atoms with E-state index < -0.39 is 5.97 Å². The van der Waals surface area contributed by atoms with Gasteiger partial charge in [-0.2, -0.15) is 0 Å². The molecule has 4 heteroatoms. The van der Waals surface area contributed by atoms with E-state index in [4.69, 9.17) is 10.2 Å². The SMILES string of the molecule is CC1C(C(=O)O)CCN1CCCCCO. The minimum atomic E-state index is -0.666. The summed E-state index contributed by atoms with van der Waals surface area (Å²) in [5, 5.41) is 17.6. The lowest BCUT2D eigenvalue weighted by Gasteiger charge is -2.22. The van der Waals surface area contributed by atoms with E-state index in [1.54, 1.807) is 0 Å². The molecule has 0 amide bonds. The van der Waals surface area contributed by atoms with Gasteiger partial charge in [0.1, 0.15) is 0 Å². The van der Waals surface area contributed by atoms with E-state index >= 15 is 0 Å². The second-order valence-corrected chi connectivity index (χ2v) is 4.29. The van der Waals surface area contributed by atoms with Gasteiger partial charge in [0.2, 0.25) is 0 Å². The van der Waals surface area contributed by atoms with Crippen LogP contribution in [0.3, 0.4) is 0 Å². The van der Waals surface area contributed by atoms with Crippen molar-refractivity contribution in [3.8, 4) is 0 Å². The number of unbranched alkanes of at least 4 members (excludes halogenated alkanes) is 2. The predicted octanol–water partition coefficient (Wildman–Crippen LogP) is 0.944. The minimum Gasteiger partial charge on any atom is -0.481 e. The molecule has 4 nitrogen and oxygen atoms in total. The van der Waals surface area contributed by atoms with Gasteiger partial charge in [-0.25, -0.2) is 0 Å². The molecule has 0 radical (unpaired) electrons. The zero-order valence-corrected chi connectivity index (χ0v) is 9.35. The molecule has 1 fully saturated rings. The van der Waals surface area contributed by atoms with Crippen LogP contribution in [0.2, 0.25) is 0 Å². The Morgan fingerprint density at radius 2 is 2.13 bits per heavy atom. The molecule has 0 bridgehead atoms. The number of hydrogen-bond acceptors (Lipinski definition) is 3. The lowest BCUT2D eigenvalue weighted by atomic mass is 10.0. The van der Waals surface area contributed by atoms with Crippen LogP contribution >= 0.6 is 0 Å². The third-order valence-corrected chi connectivity index (χ3v) is 3.31. The molecule has 0 aliphatic carbocycles. The van der Waals surface area contributed by atoms with Gasteiger partial charge in [-0.05, 0) is 45.7 Å². The Balaban J connectivity index is 2.24. The average molecular weight is 215 g/mol. The second-order valence-electron chi connectivity index (χ2n) is 4.29. The van der Waals surface area contributed by atoms with Crippen molar-refractivity contribution in [3.05, 3.63) is 0 Å². The highest BCUT2D eigenvalue weighted by Gasteiger charge is 2.34. The molecule has 2 N–H and O–H groups in total. The summed E-state index contributed by atoms with van der Waals surface area (Å²) in [5.41, 5.74) is 0. The lowest BCUT2D eigenvalue weighted by Crippen LogP contribution is -2.33. The van der Waals surface area contributed by atoms with E-state index in [-0.39, 0.29) is 18.6 Å². The molecular formula is C11H21NO3. The van der Waals surface area contributed by atoms with E-state index in [1.165, 1.54) is 0 Å². The van der Waals surface area contributed by atoms with Crippen molar-refractivity contribution in [1.29, 1.82) is 0 Å². The number of aliphatic carboxylic acids is 1. The standard InChI is InChI=1S/C11H21NO3/c1-9-10(11(14)15)5-7-12(9)6-3-2-4-8-13/h9-10,13H,2-8H2,1H3,(H,14,15). The second kappa shape index (κ2) is 6.08. The molecule has 1 rings (SSSR count). The first-order valence-electron chi connectivity index (χ1n) is 5.74. The van der Waals surface area contributed by atoms with Gasteiger partial charge in [0, 0.05) is 12.6 Å². The number of aliphatic hydroxyl groups is 1. The number of carboxylic acid groups (broad SMARTS) is 1. The number of hydrogen-bond donors (Lipinski definition) is 2. The summed E-state index contributed by atoms with van der Waals surface area (Å²) in [6.45, 7) is 4.12. The average Bonchev–Trinajstić information content (AvgIpc) is 2.55. The summed E-state index contributed by atoms with van der Waals surface area (Å²) in [7, 11) is 0. The van der Waals surface area contributed by atoms with Gasteiger partial charge in [-0.1, -0.05) is 0 Å². The Hall–Kier alpha value is -0.610. The Bertz CT molecular complexity index is 208. The number of nitrogens with zero attached hydrogens (tertiary/aromatic N) is 1. The van der Waals surface area contributed by atoms with Crippen LogP contribution in [0.25, 0.3) is 0 Å². The van der Waals surface area contributed by atoms with E-state index in [2.05, 4.69) is 4.90 Å². The van der Waals surface area contributed by atoms with Gasteiger partial charge in [0.25, 0.3) is 0 Å². The van der Waals surface area contributed by atoms with Crippen molar-refractivity contribution in [1.82, 2.24) is 4.90 Å². The normalized spacial score (nSPS) is 27.1. The molecule has 1 aliphatic heterocycles. The van der Waals surface area contributed by atoms with E-state index in [9.17, 15) is 4.79 Å². The molecule has 15 heavy (non-hydrogen) atoms. The first-order valence-corrected chi connectivity index (χ1v) is 5.74. The van der Waals surface area contributed by atoms with Gasteiger partial charge in [0.15, 0.2) is 0 Å². The highest BCUT2D eigenvalue weighted by atomic mass is 16.4. The molecule has 1 heterocycles. The van der Waals surface area contributed by atoms with Crippen LogP contribution in [-0.2, 0) is 4.79 Å². The van der Waals surface area contributed by atoms with Crippen molar-refractivity contribution in [3.63, 3.8) is 0 Å². The van der Waals surface area contributed by atoms with Crippen LogP contribution < -0.4 is 0 Å². The molecule has 0 saturated carbocycles. The van der Waals surface area contributed by atoms with E-state index in [1.807, 2.05) is 6.92 Å². The largest absolute Gasteiger partial charge is 0.481 e. The first-order chi connectivity index (χ1) is 7.16. The van der Waals surface area contributed by atoms with Crippen LogP contribution in [0.4, 0.5) is 0 Å². The van der Waals surface area contributed by atoms with Crippen molar-refractivity contribution in [2.45, 2.75) is 38.6 Å². The Kier molecular flexibility index (Phi) is 5.05. The van der Waals surface area contributed by atoms with Gasteiger partial charge in [-0.3, -0.25) is 9.69 Å². The van der Waals surface area contributed by atoms with Crippen LogP contribution in [0.15, 0.2) is 0 Å². The molecule has 0 aromatic heterocycles. The summed E-state index contributed by atoms with van der Waals surface area (Å²) >= 11 is 0. The summed E-state index contributed by atoms with van der Waals surface area (Å²) in [5.74, 6) is -0.858. The van der Waals surface area contributed by atoms with Crippen LogP contribution in [0.1, 0.15) is 32.6 Å². The van der Waals surface area contributed by atoms with Gasteiger partial charge >= 0.3 is 5.97 Å². The smallest absolute Gasteiger partial charge is 0.308 e. The fraction of sp³-hybridized carbons (Fsp3) is 0.909. The van der Waals surface area contributed by atoms with Crippen molar-refractivity contribution < 1.29 is 15.0 Å². The third kappa shape index (κ3) is 3.47. The Morgan fingerprint density at radius 3 is 2.67 bits per heavy atom. The van der Waals surface area contributed by atoms with Crippen molar-refractivity contribution >= 4 is 5.97 Å². The summed E-state index contributed by atoms with van der Waals surface area (Å²) in [6, 6.07) is 0.164. The molecule has 2 atom stereocenters. The predicted molar refractivity (Wildman–Crippen MR) is 57.7 cm³/mol. The first kappa shape index (κ1) is 12.5. The molecule has 0 spiro atoms. The number of carboxylic acids is 1. The quantitative estimate of drug-likeness (QED) is 0.647. The van der Waals surface area contributed by atoms with Gasteiger partial charge in [0.05, 0.1) is 5.92 Å². The maximum Gasteiger partial charge on any atom is 0.308 e.